The fourth-order valence-corrected chi connectivity index (χ4v) is 1.50. The van der Waals surface area contributed by atoms with E-state index in [1.165, 1.54) is 11.3 Å². The lowest BCUT2D eigenvalue weighted by Gasteiger charge is -2.00. The maximum atomic E-state index is 11.2. The van der Waals surface area contributed by atoms with E-state index in [1.54, 1.807) is 24.4 Å². The minimum Gasteiger partial charge on any atom is -0.461 e. The molecule has 0 amide bonds. The van der Waals surface area contributed by atoms with Gasteiger partial charge in [0.15, 0.2) is 0 Å². The van der Waals surface area contributed by atoms with Crippen molar-refractivity contribution >= 4 is 23.0 Å². The first kappa shape index (κ1) is 9.73. The molecule has 0 atom stereocenters. The van der Waals surface area contributed by atoms with Crippen LogP contribution in [0.1, 0.15) is 11.8 Å². The molecule has 1 aromatic rings. The largest absolute Gasteiger partial charge is 0.461 e. The second kappa shape index (κ2) is 4.61. The van der Waals surface area contributed by atoms with E-state index in [2.05, 4.69) is 5.16 Å². The van der Waals surface area contributed by atoms with Crippen molar-refractivity contribution in [3.05, 3.63) is 22.4 Å². The molecule has 0 unspecified atom stereocenters. The van der Waals surface area contributed by atoms with Crippen molar-refractivity contribution in [2.75, 3.05) is 6.61 Å². The number of carbonyl (C=O) groups is 1. The summed E-state index contributed by atoms with van der Waals surface area (Å²) in [6.07, 6.45) is 0. The molecule has 0 saturated carbocycles. The van der Waals surface area contributed by atoms with Crippen molar-refractivity contribution in [2.24, 2.45) is 5.16 Å². The summed E-state index contributed by atoms with van der Waals surface area (Å²) in [5, 5.41) is 13.3. The molecule has 1 heterocycles. The fraction of sp³-hybridized carbons (Fsp3) is 0.250. The van der Waals surface area contributed by atoms with E-state index in [-0.39, 0.29) is 12.3 Å². The molecule has 0 radical (unpaired) electrons. The van der Waals surface area contributed by atoms with Crippen LogP contribution in [-0.4, -0.2) is 23.5 Å². The van der Waals surface area contributed by atoms with Crippen LogP contribution in [0.15, 0.2) is 22.7 Å². The summed E-state index contributed by atoms with van der Waals surface area (Å²) in [4.78, 5) is 11.8. The third-order valence-electron chi connectivity index (χ3n) is 1.32. The highest BCUT2D eigenvalue weighted by molar-refractivity contribution is 7.13. The summed E-state index contributed by atoms with van der Waals surface area (Å²) in [6.45, 7) is 1.96. The van der Waals surface area contributed by atoms with Gasteiger partial charge in [-0.2, -0.15) is 0 Å². The predicted octanol–water partition coefficient (Wildman–Crippen LogP) is 1.49. The molecule has 0 aliphatic heterocycles. The van der Waals surface area contributed by atoms with Crippen molar-refractivity contribution in [1.82, 2.24) is 0 Å². The van der Waals surface area contributed by atoms with Crippen LogP contribution in [0.2, 0.25) is 0 Å². The molecule has 0 bridgehead atoms. The summed E-state index contributed by atoms with van der Waals surface area (Å²) in [6, 6.07) is 3.46. The molecule has 0 aliphatic carbocycles. The Morgan fingerprint density at radius 2 is 2.54 bits per heavy atom. The molecule has 70 valence electrons. The summed E-state index contributed by atoms with van der Waals surface area (Å²) in [5.41, 5.74) is -0.0446. The Morgan fingerprint density at radius 3 is 3.00 bits per heavy atom. The van der Waals surface area contributed by atoms with Gasteiger partial charge in [0.2, 0.25) is 5.71 Å². The summed E-state index contributed by atoms with van der Waals surface area (Å²) >= 11 is 1.32. The van der Waals surface area contributed by atoms with E-state index in [4.69, 9.17) is 9.94 Å². The minimum atomic E-state index is -0.604. The van der Waals surface area contributed by atoms with Crippen molar-refractivity contribution < 1.29 is 14.7 Å². The lowest BCUT2D eigenvalue weighted by molar-refractivity contribution is -0.135. The molecule has 1 rings (SSSR count). The van der Waals surface area contributed by atoms with Gasteiger partial charge in [0.1, 0.15) is 0 Å². The third-order valence-corrected chi connectivity index (χ3v) is 2.20. The van der Waals surface area contributed by atoms with Crippen LogP contribution in [-0.2, 0) is 9.53 Å². The van der Waals surface area contributed by atoms with Crippen LogP contribution >= 0.6 is 11.3 Å². The van der Waals surface area contributed by atoms with Gasteiger partial charge < -0.3 is 9.94 Å². The van der Waals surface area contributed by atoms with Gasteiger partial charge in [0, 0.05) is 0 Å². The van der Waals surface area contributed by atoms with Gasteiger partial charge in [-0.3, -0.25) is 0 Å². The highest BCUT2D eigenvalue weighted by atomic mass is 32.1. The standard InChI is InChI=1S/C8H9NO3S/c1-2-12-8(10)7(9-11)6-4-3-5-13-6/h3-5,11H,2H2,1H3/b9-7-. The molecule has 13 heavy (non-hydrogen) atoms. The molecule has 0 saturated heterocycles. The quantitative estimate of drug-likeness (QED) is 0.347. The number of ether oxygens (including phenoxy) is 1. The minimum absolute atomic E-state index is 0.0446. The van der Waals surface area contributed by atoms with Crippen LogP contribution < -0.4 is 0 Å². The van der Waals surface area contributed by atoms with Crippen molar-refractivity contribution in [1.29, 1.82) is 0 Å². The Labute approximate surface area is 79.5 Å². The van der Waals surface area contributed by atoms with Gasteiger partial charge in [-0.25, -0.2) is 4.79 Å². The van der Waals surface area contributed by atoms with Gasteiger partial charge in [-0.15, -0.1) is 11.3 Å². The van der Waals surface area contributed by atoms with Gasteiger partial charge in [-0.05, 0) is 18.4 Å². The monoisotopic (exact) mass is 199 g/mol. The molecule has 1 N–H and O–H groups in total. The first-order chi connectivity index (χ1) is 6.29. The highest BCUT2D eigenvalue weighted by Gasteiger charge is 2.16. The number of hydrogen-bond acceptors (Lipinski definition) is 5. The van der Waals surface area contributed by atoms with E-state index in [0.717, 1.165) is 0 Å². The Morgan fingerprint density at radius 1 is 1.77 bits per heavy atom. The van der Waals surface area contributed by atoms with Crippen molar-refractivity contribution in [3.8, 4) is 0 Å². The number of rotatable bonds is 3. The maximum Gasteiger partial charge on any atom is 0.361 e. The normalized spacial score (nSPS) is 11.3. The second-order valence-corrected chi connectivity index (χ2v) is 3.09. The number of esters is 1. The molecule has 4 nitrogen and oxygen atoms in total. The maximum absolute atomic E-state index is 11.2. The van der Waals surface area contributed by atoms with Crippen LogP contribution in [0, 0.1) is 0 Å². The van der Waals surface area contributed by atoms with Gasteiger partial charge in [0.25, 0.3) is 0 Å². The zero-order valence-electron chi connectivity index (χ0n) is 7.06. The van der Waals surface area contributed by atoms with Gasteiger partial charge in [0.05, 0.1) is 11.5 Å². The molecule has 0 aliphatic rings. The van der Waals surface area contributed by atoms with E-state index < -0.39 is 5.97 Å². The molecule has 0 aromatic carbocycles. The van der Waals surface area contributed by atoms with E-state index in [9.17, 15) is 4.79 Å². The van der Waals surface area contributed by atoms with Crippen LogP contribution in [0.3, 0.4) is 0 Å². The zero-order valence-corrected chi connectivity index (χ0v) is 7.87. The number of carbonyl (C=O) groups excluding carboxylic acids is 1. The predicted molar refractivity (Wildman–Crippen MR) is 49.3 cm³/mol. The van der Waals surface area contributed by atoms with Gasteiger partial charge >= 0.3 is 5.97 Å². The first-order valence-corrected chi connectivity index (χ1v) is 4.60. The molecular formula is C8H9NO3S. The number of thiophene rings is 1. The van der Waals surface area contributed by atoms with Crippen LogP contribution in [0.25, 0.3) is 0 Å². The average Bonchev–Trinajstić information content (AvgIpc) is 2.59. The molecular weight excluding hydrogens is 190 g/mol. The first-order valence-electron chi connectivity index (χ1n) is 3.72. The highest BCUT2D eigenvalue weighted by Crippen LogP contribution is 2.10. The lowest BCUT2D eigenvalue weighted by Crippen LogP contribution is -2.17. The Bertz CT molecular complexity index is 305. The van der Waals surface area contributed by atoms with Crippen LogP contribution in [0.4, 0.5) is 0 Å². The summed E-state index contributed by atoms with van der Waals surface area (Å²) < 4.78 is 4.70. The molecule has 1 aromatic heterocycles. The number of nitrogens with zero attached hydrogens (tertiary/aromatic N) is 1. The molecule has 0 spiro atoms. The topological polar surface area (TPSA) is 58.9 Å². The summed E-state index contributed by atoms with van der Waals surface area (Å²) in [7, 11) is 0. The molecule has 0 fully saturated rings. The lowest BCUT2D eigenvalue weighted by atomic mass is 10.3. The van der Waals surface area contributed by atoms with Gasteiger partial charge in [-0.1, -0.05) is 11.2 Å². The third kappa shape index (κ3) is 2.29. The Hall–Kier alpha value is -1.36. The van der Waals surface area contributed by atoms with Crippen molar-refractivity contribution in [2.45, 2.75) is 6.92 Å². The van der Waals surface area contributed by atoms with E-state index in [0.29, 0.717) is 4.88 Å². The smallest absolute Gasteiger partial charge is 0.361 e. The number of hydrogen-bond donors (Lipinski definition) is 1. The zero-order chi connectivity index (χ0) is 9.68. The second-order valence-electron chi connectivity index (χ2n) is 2.15. The van der Waals surface area contributed by atoms with E-state index in [1.807, 2.05) is 0 Å². The van der Waals surface area contributed by atoms with E-state index >= 15 is 0 Å². The average molecular weight is 199 g/mol. The Kier molecular flexibility index (Phi) is 3.45. The summed E-state index contributed by atoms with van der Waals surface area (Å²) in [5.74, 6) is -0.604. The SMILES string of the molecule is CCOC(=O)/C(=N\O)c1cccs1. The van der Waals surface area contributed by atoms with Crippen molar-refractivity contribution in [3.63, 3.8) is 0 Å². The number of oxime groups is 1. The Balaban J connectivity index is 2.82. The molecule has 5 heteroatoms. The van der Waals surface area contributed by atoms with Crippen LogP contribution in [0.5, 0.6) is 0 Å². The fourth-order valence-electron chi connectivity index (χ4n) is 0.803.